The Morgan fingerprint density at radius 2 is 2.33 bits per heavy atom. The number of hydrogen-bond donors (Lipinski definition) is 2. The predicted molar refractivity (Wildman–Crippen MR) is 57.5 cm³/mol. The van der Waals surface area contributed by atoms with E-state index in [2.05, 4.69) is 10.4 Å². The second-order valence-corrected chi connectivity index (χ2v) is 3.52. The van der Waals surface area contributed by atoms with Crippen molar-refractivity contribution in [3.05, 3.63) is 11.8 Å². The average molecular weight is 211 g/mol. The van der Waals surface area contributed by atoms with E-state index in [1.54, 1.807) is 11.7 Å². The molecular weight excluding hydrogens is 194 g/mol. The summed E-state index contributed by atoms with van der Waals surface area (Å²) in [5.41, 5.74) is 0.878. The maximum Gasteiger partial charge on any atom is 0.225 e. The zero-order valence-electron chi connectivity index (χ0n) is 9.16. The molecule has 0 fully saturated rings. The van der Waals surface area contributed by atoms with Crippen molar-refractivity contribution < 1.29 is 9.90 Å². The first-order chi connectivity index (χ1) is 7.13. The first kappa shape index (κ1) is 11.7. The van der Waals surface area contributed by atoms with E-state index in [0.29, 0.717) is 25.1 Å². The molecule has 0 atom stereocenters. The lowest BCUT2D eigenvalue weighted by atomic mass is 10.2. The minimum Gasteiger partial charge on any atom is -0.396 e. The Morgan fingerprint density at radius 3 is 2.87 bits per heavy atom. The average Bonchev–Trinajstić information content (AvgIpc) is 2.45. The third kappa shape index (κ3) is 3.71. The number of carbonyl (C=O) groups excluding carboxylic acids is 1. The molecule has 0 aromatic carbocycles. The van der Waals surface area contributed by atoms with Gasteiger partial charge < -0.3 is 10.4 Å². The fraction of sp³-hybridized carbons (Fsp3) is 0.600. The SMILES string of the molecule is Cc1cc(NC(=O)CCCCO)n(C)n1. The summed E-state index contributed by atoms with van der Waals surface area (Å²) in [6.07, 6.45) is 1.81. The maximum atomic E-state index is 11.4. The van der Waals surface area contributed by atoms with Crippen LogP contribution in [0.2, 0.25) is 0 Å². The number of rotatable bonds is 5. The molecule has 0 aliphatic rings. The van der Waals surface area contributed by atoms with Gasteiger partial charge in [-0.05, 0) is 19.8 Å². The number of anilines is 1. The molecule has 15 heavy (non-hydrogen) atoms. The fourth-order valence-electron chi connectivity index (χ4n) is 1.33. The highest BCUT2D eigenvalue weighted by Crippen LogP contribution is 2.08. The van der Waals surface area contributed by atoms with Crippen molar-refractivity contribution in [2.45, 2.75) is 26.2 Å². The second-order valence-electron chi connectivity index (χ2n) is 3.52. The molecular formula is C10H17N3O2. The van der Waals surface area contributed by atoms with Crippen molar-refractivity contribution in [1.29, 1.82) is 0 Å². The van der Waals surface area contributed by atoms with Crippen molar-refractivity contribution in [3.8, 4) is 0 Å². The largest absolute Gasteiger partial charge is 0.396 e. The molecule has 1 amide bonds. The van der Waals surface area contributed by atoms with E-state index in [9.17, 15) is 4.79 Å². The first-order valence-electron chi connectivity index (χ1n) is 5.05. The number of aromatic nitrogens is 2. The van der Waals surface area contributed by atoms with Crippen LogP contribution in [0.3, 0.4) is 0 Å². The molecule has 5 nitrogen and oxygen atoms in total. The lowest BCUT2D eigenvalue weighted by Gasteiger charge is -2.04. The van der Waals surface area contributed by atoms with Crippen LogP contribution in [0, 0.1) is 6.92 Å². The van der Waals surface area contributed by atoms with Gasteiger partial charge in [-0.15, -0.1) is 0 Å². The molecule has 1 heterocycles. The highest BCUT2D eigenvalue weighted by Gasteiger charge is 2.06. The van der Waals surface area contributed by atoms with Crippen LogP contribution >= 0.6 is 0 Å². The van der Waals surface area contributed by atoms with Crippen LogP contribution < -0.4 is 5.32 Å². The third-order valence-corrected chi connectivity index (χ3v) is 2.08. The molecule has 0 unspecified atom stereocenters. The van der Waals surface area contributed by atoms with Gasteiger partial charge in [-0.3, -0.25) is 9.48 Å². The number of aliphatic hydroxyl groups is 1. The zero-order valence-corrected chi connectivity index (χ0v) is 9.16. The monoisotopic (exact) mass is 211 g/mol. The molecule has 2 N–H and O–H groups in total. The number of hydrogen-bond acceptors (Lipinski definition) is 3. The second kappa shape index (κ2) is 5.50. The quantitative estimate of drug-likeness (QED) is 0.709. The van der Waals surface area contributed by atoms with Crippen LogP contribution in [0.5, 0.6) is 0 Å². The van der Waals surface area contributed by atoms with Gasteiger partial charge in [0.05, 0.1) is 5.69 Å². The Labute approximate surface area is 89.1 Å². The number of nitrogens with zero attached hydrogens (tertiary/aromatic N) is 2. The van der Waals surface area contributed by atoms with Gasteiger partial charge in [-0.2, -0.15) is 5.10 Å². The molecule has 0 bridgehead atoms. The molecule has 84 valence electrons. The lowest BCUT2D eigenvalue weighted by Crippen LogP contribution is -2.14. The predicted octanol–water partition coefficient (Wildman–Crippen LogP) is 0.830. The van der Waals surface area contributed by atoms with Crippen LogP contribution in [0.1, 0.15) is 25.0 Å². The summed E-state index contributed by atoms with van der Waals surface area (Å²) < 4.78 is 1.64. The minimum absolute atomic E-state index is 0.0357. The Morgan fingerprint density at radius 1 is 1.60 bits per heavy atom. The highest BCUT2D eigenvalue weighted by atomic mass is 16.2. The van der Waals surface area contributed by atoms with Crippen molar-refractivity contribution in [3.63, 3.8) is 0 Å². The Hall–Kier alpha value is -1.36. The Bertz CT molecular complexity index is 333. The molecule has 0 saturated carbocycles. The van der Waals surface area contributed by atoms with Gasteiger partial charge >= 0.3 is 0 Å². The number of carbonyl (C=O) groups is 1. The van der Waals surface area contributed by atoms with Gasteiger partial charge in [-0.1, -0.05) is 0 Å². The topological polar surface area (TPSA) is 67.2 Å². The standard InChI is InChI=1S/C10H17N3O2/c1-8-7-9(13(2)12-8)11-10(15)5-3-4-6-14/h7,14H,3-6H2,1-2H3,(H,11,15). The van der Waals surface area contributed by atoms with Gasteiger partial charge in [0.15, 0.2) is 0 Å². The first-order valence-corrected chi connectivity index (χ1v) is 5.05. The minimum atomic E-state index is -0.0357. The van der Waals surface area contributed by atoms with Gasteiger partial charge in [0.1, 0.15) is 5.82 Å². The third-order valence-electron chi connectivity index (χ3n) is 2.08. The van der Waals surface area contributed by atoms with Crippen LogP contribution in [0.25, 0.3) is 0 Å². The number of unbranched alkanes of at least 4 members (excludes halogenated alkanes) is 1. The molecule has 0 aliphatic heterocycles. The van der Waals surface area contributed by atoms with Gasteiger partial charge in [0.25, 0.3) is 0 Å². The highest BCUT2D eigenvalue weighted by molar-refractivity contribution is 5.89. The summed E-state index contributed by atoms with van der Waals surface area (Å²) in [5.74, 6) is 0.674. The maximum absolute atomic E-state index is 11.4. The fourth-order valence-corrected chi connectivity index (χ4v) is 1.33. The van der Waals surface area contributed by atoms with E-state index in [4.69, 9.17) is 5.11 Å². The summed E-state index contributed by atoms with van der Waals surface area (Å²) in [4.78, 5) is 11.4. The summed E-state index contributed by atoms with van der Waals surface area (Å²) in [7, 11) is 1.79. The number of amides is 1. The zero-order chi connectivity index (χ0) is 11.3. The molecule has 5 heteroatoms. The molecule has 0 spiro atoms. The molecule has 1 aromatic heterocycles. The van der Waals surface area contributed by atoms with Crippen LogP contribution in [0.15, 0.2) is 6.07 Å². The van der Waals surface area contributed by atoms with E-state index in [1.807, 2.05) is 13.0 Å². The van der Waals surface area contributed by atoms with E-state index in [1.165, 1.54) is 0 Å². The van der Waals surface area contributed by atoms with Crippen molar-refractivity contribution in [1.82, 2.24) is 9.78 Å². The van der Waals surface area contributed by atoms with Crippen molar-refractivity contribution >= 4 is 11.7 Å². The van der Waals surface area contributed by atoms with E-state index in [0.717, 1.165) is 5.69 Å². The molecule has 0 aliphatic carbocycles. The number of nitrogens with one attached hydrogen (secondary N) is 1. The summed E-state index contributed by atoms with van der Waals surface area (Å²) in [6.45, 7) is 2.01. The molecule has 0 radical (unpaired) electrons. The number of aryl methyl sites for hydroxylation is 2. The van der Waals surface area contributed by atoms with Crippen LogP contribution in [-0.4, -0.2) is 27.4 Å². The van der Waals surface area contributed by atoms with Gasteiger partial charge in [0.2, 0.25) is 5.91 Å². The van der Waals surface area contributed by atoms with Crippen LogP contribution in [0.4, 0.5) is 5.82 Å². The molecule has 0 saturated heterocycles. The number of aliphatic hydroxyl groups excluding tert-OH is 1. The molecule has 1 aromatic rings. The van der Waals surface area contributed by atoms with Gasteiger partial charge in [-0.25, -0.2) is 0 Å². The molecule has 1 rings (SSSR count). The Kier molecular flexibility index (Phi) is 4.30. The van der Waals surface area contributed by atoms with Gasteiger partial charge in [0, 0.05) is 26.1 Å². The van der Waals surface area contributed by atoms with Crippen molar-refractivity contribution in [2.24, 2.45) is 7.05 Å². The summed E-state index contributed by atoms with van der Waals surface area (Å²) in [5, 5.41) is 15.5. The normalized spacial score (nSPS) is 10.3. The summed E-state index contributed by atoms with van der Waals surface area (Å²) >= 11 is 0. The van der Waals surface area contributed by atoms with E-state index in [-0.39, 0.29) is 12.5 Å². The van der Waals surface area contributed by atoms with Crippen LogP contribution in [-0.2, 0) is 11.8 Å². The lowest BCUT2D eigenvalue weighted by molar-refractivity contribution is -0.116. The summed E-state index contributed by atoms with van der Waals surface area (Å²) in [6, 6.07) is 1.82. The van der Waals surface area contributed by atoms with E-state index < -0.39 is 0 Å². The van der Waals surface area contributed by atoms with Crippen molar-refractivity contribution in [2.75, 3.05) is 11.9 Å². The van der Waals surface area contributed by atoms with E-state index >= 15 is 0 Å². The Balaban J connectivity index is 2.41. The smallest absolute Gasteiger partial charge is 0.225 e.